The minimum Gasteiger partial charge on any atom is -0.275 e. The van der Waals surface area contributed by atoms with E-state index in [1.54, 1.807) is 0 Å². The molecule has 19 heavy (non-hydrogen) atoms. The largest absolute Gasteiger partial charge is 0.275 e. The smallest absolute Gasteiger partial charge is 0.0743 e. The van der Waals surface area contributed by atoms with Gasteiger partial charge in [0.05, 0.1) is 11.7 Å². The summed E-state index contributed by atoms with van der Waals surface area (Å²) in [6.45, 7) is 6.32. The maximum absolute atomic E-state index is 5.78. The van der Waals surface area contributed by atoms with Crippen molar-refractivity contribution in [3.05, 3.63) is 52.3 Å². The molecule has 4 nitrogen and oxygen atoms in total. The molecule has 1 aromatic heterocycles. The first-order valence-corrected chi connectivity index (χ1v) is 6.62. The fourth-order valence-electron chi connectivity index (χ4n) is 2.61. The molecule has 2 rings (SSSR count). The van der Waals surface area contributed by atoms with Gasteiger partial charge >= 0.3 is 0 Å². The number of hydrogen-bond donors (Lipinski definition) is 2. The maximum atomic E-state index is 5.78. The number of aromatic nitrogens is 2. The second-order valence-electron chi connectivity index (χ2n) is 5.08. The van der Waals surface area contributed by atoms with Crippen LogP contribution in [0.5, 0.6) is 0 Å². The van der Waals surface area contributed by atoms with Crippen LogP contribution in [-0.2, 0) is 13.5 Å². The van der Waals surface area contributed by atoms with E-state index in [9.17, 15) is 0 Å². The van der Waals surface area contributed by atoms with Crippen LogP contribution in [-0.4, -0.2) is 9.78 Å². The summed E-state index contributed by atoms with van der Waals surface area (Å²) in [5.41, 5.74) is 8.84. The Morgan fingerprint density at radius 2 is 1.89 bits per heavy atom. The predicted molar refractivity (Wildman–Crippen MR) is 77.7 cm³/mol. The van der Waals surface area contributed by atoms with Gasteiger partial charge in [-0.3, -0.25) is 10.5 Å². The zero-order valence-corrected chi connectivity index (χ0v) is 12.1. The maximum Gasteiger partial charge on any atom is 0.0743 e. The molecular formula is C15H22N4. The Balaban J connectivity index is 2.49. The molecule has 2 aromatic rings. The van der Waals surface area contributed by atoms with Crippen molar-refractivity contribution in [1.29, 1.82) is 0 Å². The van der Waals surface area contributed by atoms with Gasteiger partial charge in [0.15, 0.2) is 0 Å². The third kappa shape index (κ3) is 2.85. The first kappa shape index (κ1) is 13.8. The van der Waals surface area contributed by atoms with Crippen molar-refractivity contribution in [2.45, 2.75) is 33.2 Å². The van der Waals surface area contributed by atoms with E-state index in [1.807, 2.05) is 17.9 Å². The molecule has 0 saturated carbocycles. The van der Waals surface area contributed by atoms with Crippen molar-refractivity contribution < 1.29 is 0 Å². The Bertz CT molecular complexity index is 551. The molecule has 0 bridgehead atoms. The minimum absolute atomic E-state index is 0.0118. The minimum atomic E-state index is -0.0118. The van der Waals surface area contributed by atoms with E-state index in [2.05, 4.69) is 49.5 Å². The summed E-state index contributed by atoms with van der Waals surface area (Å²) in [7, 11) is 1.94. The molecule has 102 valence electrons. The molecule has 0 saturated heterocycles. The third-order valence-electron chi connectivity index (χ3n) is 3.33. The van der Waals surface area contributed by atoms with Crippen LogP contribution < -0.4 is 11.3 Å². The van der Waals surface area contributed by atoms with Gasteiger partial charge in [0.25, 0.3) is 0 Å². The third-order valence-corrected chi connectivity index (χ3v) is 3.33. The lowest BCUT2D eigenvalue weighted by atomic mass is 9.96. The van der Waals surface area contributed by atoms with Gasteiger partial charge in [0.1, 0.15) is 0 Å². The topological polar surface area (TPSA) is 55.9 Å². The van der Waals surface area contributed by atoms with Crippen LogP contribution in [0.2, 0.25) is 0 Å². The van der Waals surface area contributed by atoms with Crippen LogP contribution in [0.3, 0.4) is 0 Å². The van der Waals surface area contributed by atoms with Crippen molar-refractivity contribution in [3.8, 4) is 0 Å². The summed E-state index contributed by atoms with van der Waals surface area (Å²) < 4.78 is 1.85. The average molecular weight is 258 g/mol. The molecule has 1 aromatic carbocycles. The molecule has 1 unspecified atom stereocenters. The molecule has 0 radical (unpaired) electrons. The van der Waals surface area contributed by atoms with Gasteiger partial charge in [0.2, 0.25) is 0 Å². The standard InChI is InChI=1S/C15H22N4/c1-5-14-13(9-19(4)18-14)15(17-16)12-7-10(2)6-11(3)8-12/h6-9,15,17H,5,16H2,1-4H3. The van der Waals surface area contributed by atoms with Crippen LogP contribution >= 0.6 is 0 Å². The molecule has 3 N–H and O–H groups in total. The van der Waals surface area contributed by atoms with E-state index in [4.69, 9.17) is 5.84 Å². The van der Waals surface area contributed by atoms with E-state index in [-0.39, 0.29) is 6.04 Å². The van der Waals surface area contributed by atoms with Crippen LogP contribution in [0.15, 0.2) is 24.4 Å². The molecule has 0 spiro atoms. The van der Waals surface area contributed by atoms with Crippen molar-refractivity contribution in [2.75, 3.05) is 0 Å². The number of nitrogens with two attached hydrogens (primary N) is 1. The molecule has 0 amide bonds. The van der Waals surface area contributed by atoms with Gasteiger partial charge in [-0.2, -0.15) is 5.10 Å². The highest BCUT2D eigenvalue weighted by Crippen LogP contribution is 2.25. The van der Waals surface area contributed by atoms with E-state index < -0.39 is 0 Å². The number of hydrazine groups is 1. The van der Waals surface area contributed by atoms with E-state index >= 15 is 0 Å². The van der Waals surface area contributed by atoms with Crippen LogP contribution in [0, 0.1) is 13.8 Å². The molecule has 0 aliphatic carbocycles. The predicted octanol–water partition coefficient (Wildman–Crippen LogP) is 2.15. The van der Waals surface area contributed by atoms with Crippen molar-refractivity contribution in [2.24, 2.45) is 12.9 Å². The second kappa shape index (κ2) is 5.55. The highest BCUT2D eigenvalue weighted by Gasteiger charge is 2.18. The average Bonchev–Trinajstić information content (AvgIpc) is 2.70. The summed E-state index contributed by atoms with van der Waals surface area (Å²) in [6.07, 6.45) is 2.94. The zero-order valence-electron chi connectivity index (χ0n) is 12.1. The quantitative estimate of drug-likeness (QED) is 0.652. The number of benzene rings is 1. The first-order valence-electron chi connectivity index (χ1n) is 6.62. The highest BCUT2D eigenvalue weighted by atomic mass is 15.3. The lowest BCUT2D eigenvalue weighted by molar-refractivity contribution is 0.630. The lowest BCUT2D eigenvalue weighted by Gasteiger charge is -2.17. The Morgan fingerprint density at radius 1 is 1.26 bits per heavy atom. The van der Waals surface area contributed by atoms with Crippen LogP contribution in [0.4, 0.5) is 0 Å². The summed E-state index contributed by atoms with van der Waals surface area (Å²) in [5, 5.41) is 4.49. The van der Waals surface area contributed by atoms with Crippen LogP contribution in [0.1, 0.15) is 40.9 Å². The Hall–Kier alpha value is -1.65. The second-order valence-corrected chi connectivity index (χ2v) is 5.08. The van der Waals surface area contributed by atoms with Crippen molar-refractivity contribution >= 4 is 0 Å². The summed E-state index contributed by atoms with van der Waals surface area (Å²) in [4.78, 5) is 0. The number of hydrogen-bond acceptors (Lipinski definition) is 3. The number of nitrogens with zero attached hydrogens (tertiary/aromatic N) is 2. The Morgan fingerprint density at radius 3 is 2.42 bits per heavy atom. The van der Waals surface area contributed by atoms with E-state index in [0.717, 1.165) is 17.7 Å². The molecule has 4 heteroatoms. The molecule has 1 atom stereocenters. The summed E-state index contributed by atoms with van der Waals surface area (Å²) in [6, 6.07) is 6.50. The number of aryl methyl sites for hydroxylation is 4. The normalized spacial score (nSPS) is 12.7. The molecule has 0 fully saturated rings. The fourth-order valence-corrected chi connectivity index (χ4v) is 2.61. The van der Waals surface area contributed by atoms with Gasteiger partial charge in [-0.25, -0.2) is 5.43 Å². The Kier molecular flexibility index (Phi) is 4.02. The number of rotatable bonds is 4. The van der Waals surface area contributed by atoms with E-state index in [0.29, 0.717) is 0 Å². The monoisotopic (exact) mass is 258 g/mol. The van der Waals surface area contributed by atoms with Gasteiger partial charge in [-0.15, -0.1) is 0 Å². The lowest BCUT2D eigenvalue weighted by Crippen LogP contribution is -2.29. The summed E-state index contributed by atoms with van der Waals surface area (Å²) >= 11 is 0. The van der Waals surface area contributed by atoms with Crippen molar-refractivity contribution in [3.63, 3.8) is 0 Å². The van der Waals surface area contributed by atoms with Crippen molar-refractivity contribution in [1.82, 2.24) is 15.2 Å². The molecule has 0 aliphatic heterocycles. The molecule has 0 aliphatic rings. The SMILES string of the molecule is CCc1nn(C)cc1C(NN)c1cc(C)cc(C)c1. The molecule has 1 heterocycles. The first-order chi connectivity index (χ1) is 9.05. The van der Waals surface area contributed by atoms with Crippen LogP contribution in [0.25, 0.3) is 0 Å². The molecular weight excluding hydrogens is 236 g/mol. The fraction of sp³-hybridized carbons (Fsp3) is 0.400. The highest BCUT2D eigenvalue weighted by molar-refractivity contribution is 5.37. The van der Waals surface area contributed by atoms with Gasteiger partial charge in [0, 0.05) is 18.8 Å². The van der Waals surface area contributed by atoms with Gasteiger partial charge in [-0.05, 0) is 25.8 Å². The summed E-state index contributed by atoms with van der Waals surface area (Å²) in [5.74, 6) is 5.78. The van der Waals surface area contributed by atoms with Gasteiger partial charge in [-0.1, -0.05) is 36.2 Å². The Labute approximate surface area is 114 Å². The zero-order chi connectivity index (χ0) is 14.0. The van der Waals surface area contributed by atoms with Gasteiger partial charge < -0.3 is 0 Å². The van der Waals surface area contributed by atoms with E-state index in [1.165, 1.54) is 16.7 Å². The number of nitrogens with one attached hydrogen (secondary N) is 1.